The van der Waals surface area contributed by atoms with E-state index in [0.717, 1.165) is 16.0 Å². The number of likely N-dealkylation sites (N-methyl/N-ethyl adjacent to an activating group) is 1. The summed E-state index contributed by atoms with van der Waals surface area (Å²) in [5.41, 5.74) is 1.67. The molecule has 3 amide bonds. The SMILES string of the molecule is Cc1ccccc1[C@H]1N(C)C(=O)C[C@@H](c2cccc(Cl)c2)[C@]12C(=O)N(C(=O)O)c1cc(Cl)ccc12. The van der Waals surface area contributed by atoms with Crippen LogP contribution in [-0.2, 0) is 15.0 Å². The first-order valence-corrected chi connectivity index (χ1v) is 11.9. The van der Waals surface area contributed by atoms with E-state index in [4.69, 9.17) is 23.2 Å². The van der Waals surface area contributed by atoms with Crippen molar-refractivity contribution in [2.24, 2.45) is 0 Å². The molecule has 1 N–H and O–H groups in total. The zero-order valence-electron chi connectivity index (χ0n) is 19.0. The van der Waals surface area contributed by atoms with Crippen molar-refractivity contribution >= 4 is 46.8 Å². The highest BCUT2D eigenvalue weighted by atomic mass is 35.5. The number of carbonyl (C=O) groups is 3. The lowest BCUT2D eigenvalue weighted by atomic mass is 9.58. The van der Waals surface area contributed by atoms with Crippen molar-refractivity contribution < 1.29 is 19.5 Å². The van der Waals surface area contributed by atoms with Gasteiger partial charge in [0.05, 0.1) is 11.7 Å². The molecule has 3 aromatic carbocycles. The molecule has 0 unspecified atom stereocenters. The van der Waals surface area contributed by atoms with Gasteiger partial charge in [0.2, 0.25) is 11.8 Å². The maximum atomic E-state index is 14.4. The number of fused-ring (bicyclic) bond motifs is 2. The van der Waals surface area contributed by atoms with Crippen LogP contribution in [0.5, 0.6) is 0 Å². The highest BCUT2D eigenvalue weighted by Gasteiger charge is 2.66. The number of carbonyl (C=O) groups excluding carboxylic acids is 2. The average molecular weight is 509 g/mol. The second-order valence-electron chi connectivity index (χ2n) is 9.03. The Balaban J connectivity index is 1.91. The van der Waals surface area contributed by atoms with E-state index < -0.39 is 29.4 Å². The minimum absolute atomic E-state index is 0.0144. The highest BCUT2D eigenvalue weighted by Crippen LogP contribution is 2.61. The Hall–Kier alpha value is -3.35. The third-order valence-corrected chi connectivity index (χ3v) is 7.74. The van der Waals surface area contributed by atoms with Gasteiger partial charge >= 0.3 is 6.09 Å². The molecule has 2 aliphatic heterocycles. The Morgan fingerprint density at radius 3 is 2.40 bits per heavy atom. The maximum absolute atomic E-state index is 14.4. The minimum atomic E-state index is -1.42. The quantitative estimate of drug-likeness (QED) is 0.463. The second-order valence-corrected chi connectivity index (χ2v) is 9.90. The van der Waals surface area contributed by atoms with Crippen molar-refractivity contribution in [3.05, 3.63) is 99.0 Å². The average Bonchev–Trinajstić information content (AvgIpc) is 3.05. The van der Waals surface area contributed by atoms with Gasteiger partial charge in [-0.15, -0.1) is 0 Å². The number of anilines is 1. The van der Waals surface area contributed by atoms with Gasteiger partial charge in [-0.1, -0.05) is 65.7 Å². The fraction of sp³-hybridized carbons (Fsp3) is 0.222. The smallest absolute Gasteiger partial charge is 0.418 e. The van der Waals surface area contributed by atoms with Crippen LogP contribution in [0.25, 0.3) is 0 Å². The number of hydrogen-bond acceptors (Lipinski definition) is 3. The zero-order valence-corrected chi connectivity index (χ0v) is 20.5. The van der Waals surface area contributed by atoms with Gasteiger partial charge in [-0.25, -0.2) is 9.69 Å². The number of nitrogens with zero attached hydrogens (tertiary/aromatic N) is 2. The number of halogens is 2. The van der Waals surface area contributed by atoms with Crippen LogP contribution >= 0.6 is 23.2 Å². The molecule has 2 aliphatic rings. The van der Waals surface area contributed by atoms with E-state index in [-0.39, 0.29) is 18.0 Å². The lowest BCUT2D eigenvalue weighted by Gasteiger charge is -2.51. The third-order valence-electron chi connectivity index (χ3n) is 7.27. The number of likely N-dealkylation sites (tertiary alicyclic amines) is 1. The van der Waals surface area contributed by atoms with E-state index in [1.54, 1.807) is 42.3 Å². The van der Waals surface area contributed by atoms with Gasteiger partial charge in [0.15, 0.2) is 0 Å². The molecular formula is C27H22Cl2N2O4. The van der Waals surface area contributed by atoms with Crippen LogP contribution in [0.2, 0.25) is 10.0 Å². The largest absolute Gasteiger partial charge is 0.464 e. The van der Waals surface area contributed by atoms with Crippen molar-refractivity contribution in [3.8, 4) is 0 Å². The number of piperidine rings is 1. The number of rotatable bonds is 2. The lowest BCUT2D eigenvalue weighted by molar-refractivity contribution is -0.144. The molecule has 8 heteroatoms. The molecule has 0 saturated carbocycles. The summed E-state index contributed by atoms with van der Waals surface area (Å²) in [6, 6.07) is 18.7. The molecule has 178 valence electrons. The third kappa shape index (κ3) is 3.35. The van der Waals surface area contributed by atoms with E-state index in [0.29, 0.717) is 21.2 Å². The van der Waals surface area contributed by atoms with Crippen LogP contribution in [0.4, 0.5) is 10.5 Å². The molecule has 6 nitrogen and oxygen atoms in total. The number of carboxylic acid groups (broad SMARTS) is 1. The first kappa shape index (κ1) is 23.4. The van der Waals surface area contributed by atoms with Crippen LogP contribution < -0.4 is 4.90 Å². The molecule has 1 saturated heterocycles. The van der Waals surface area contributed by atoms with Gasteiger partial charge in [-0.05, 0) is 53.4 Å². The Morgan fingerprint density at radius 2 is 1.71 bits per heavy atom. The van der Waals surface area contributed by atoms with Crippen LogP contribution in [0.1, 0.15) is 40.6 Å². The monoisotopic (exact) mass is 508 g/mol. The van der Waals surface area contributed by atoms with Crippen LogP contribution in [0, 0.1) is 6.92 Å². The predicted molar refractivity (Wildman–Crippen MR) is 134 cm³/mol. The van der Waals surface area contributed by atoms with Crippen molar-refractivity contribution in [3.63, 3.8) is 0 Å². The summed E-state index contributed by atoms with van der Waals surface area (Å²) < 4.78 is 0. The van der Waals surface area contributed by atoms with Gasteiger partial charge < -0.3 is 10.0 Å². The standard InChI is InChI=1S/C27H22Cl2N2O4/c1-15-6-3-4-9-19(15)24-27(20-11-10-18(29)13-22(20)31(25(27)33)26(34)35)21(14-23(32)30(24)2)16-7-5-8-17(28)12-16/h3-13,21,24H,14H2,1-2H3,(H,34,35)/t21-,24+,27-/m0/s1. The van der Waals surface area contributed by atoms with E-state index in [1.807, 2.05) is 37.3 Å². The fourth-order valence-corrected chi connectivity index (χ4v) is 6.18. The van der Waals surface area contributed by atoms with Crippen molar-refractivity contribution in [1.29, 1.82) is 0 Å². The van der Waals surface area contributed by atoms with Crippen molar-refractivity contribution in [2.45, 2.75) is 30.7 Å². The van der Waals surface area contributed by atoms with Gasteiger partial charge in [0.1, 0.15) is 5.41 Å². The van der Waals surface area contributed by atoms with E-state index in [1.165, 1.54) is 6.07 Å². The summed E-state index contributed by atoms with van der Waals surface area (Å²) >= 11 is 12.6. The van der Waals surface area contributed by atoms with E-state index in [9.17, 15) is 19.5 Å². The molecule has 0 bridgehead atoms. The summed E-state index contributed by atoms with van der Waals surface area (Å²) in [5, 5.41) is 10.9. The molecule has 0 aromatic heterocycles. The molecule has 3 aromatic rings. The lowest BCUT2D eigenvalue weighted by Crippen LogP contribution is -2.59. The van der Waals surface area contributed by atoms with Crippen LogP contribution in [-0.4, -0.2) is 35.0 Å². The first-order valence-electron chi connectivity index (χ1n) is 11.1. The molecule has 1 spiro atoms. The molecule has 0 radical (unpaired) electrons. The second kappa shape index (κ2) is 8.40. The number of amides is 3. The van der Waals surface area contributed by atoms with E-state index >= 15 is 0 Å². The summed E-state index contributed by atoms with van der Waals surface area (Å²) in [4.78, 5) is 42.6. The molecule has 5 rings (SSSR count). The van der Waals surface area contributed by atoms with Crippen molar-refractivity contribution in [2.75, 3.05) is 11.9 Å². The minimum Gasteiger partial charge on any atom is -0.464 e. The number of hydrogen-bond donors (Lipinski definition) is 1. The number of imide groups is 1. The Labute approximate surface area is 212 Å². The summed E-state index contributed by atoms with van der Waals surface area (Å²) in [5.74, 6) is -1.42. The molecule has 35 heavy (non-hydrogen) atoms. The molecule has 3 atom stereocenters. The predicted octanol–water partition coefficient (Wildman–Crippen LogP) is 5.95. The molecule has 1 fully saturated rings. The topological polar surface area (TPSA) is 77.9 Å². The van der Waals surface area contributed by atoms with Gasteiger partial charge in [-0.2, -0.15) is 0 Å². The first-order chi connectivity index (χ1) is 16.7. The maximum Gasteiger partial charge on any atom is 0.418 e. The normalized spacial score (nSPS) is 23.7. The van der Waals surface area contributed by atoms with Gasteiger partial charge in [0.25, 0.3) is 0 Å². The zero-order chi connectivity index (χ0) is 25.1. The van der Waals surface area contributed by atoms with Crippen molar-refractivity contribution in [1.82, 2.24) is 4.90 Å². The van der Waals surface area contributed by atoms with Gasteiger partial charge in [-0.3, -0.25) is 9.59 Å². The molecular weight excluding hydrogens is 487 g/mol. The van der Waals surface area contributed by atoms with E-state index in [2.05, 4.69) is 0 Å². The molecule has 2 heterocycles. The Kier molecular flexibility index (Phi) is 5.61. The van der Waals surface area contributed by atoms with Crippen LogP contribution in [0.3, 0.4) is 0 Å². The Bertz CT molecular complexity index is 1390. The summed E-state index contributed by atoms with van der Waals surface area (Å²) in [6.45, 7) is 1.92. The fourth-order valence-electron chi connectivity index (χ4n) is 5.81. The Morgan fingerprint density at radius 1 is 1.00 bits per heavy atom. The highest BCUT2D eigenvalue weighted by molar-refractivity contribution is 6.32. The summed E-state index contributed by atoms with van der Waals surface area (Å²) in [6.07, 6.45) is -1.39. The number of benzene rings is 3. The summed E-state index contributed by atoms with van der Waals surface area (Å²) in [7, 11) is 1.67. The van der Waals surface area contributed by atoms with Gasteiger partial charge in [0, 0.05) is 29.4 Å². The number of aryl methyl sites for hydroxylation is 1. The van der Waals surface area contributed by atoms with Crippen LogP contribution in [0.15, 0.2) is 66.7 Å². The molecule has 0 aliphatic carbocycles.